The number of hydrogen-bond acceptors (Lipinski definition) is 3. The molecule has 130 valence electrons. The molecule has 4 heteroatoms. The highest BCUT2D eigenvalue weighted by Crippen LogP contribution is 2.22. The van der Waals surface area contributed by atoms with Crippen molar-refractivity contribution in [3.63, 3.8) is 0 Å². The highest BCUT2D eigenvalue weighted by atomic mass is 16.3. The number of rotatable bonds is 8. The van der Waals surface area contributed by atoms with E-state index in [1.807, 2.05) is 0 Å². The van der Waals surface area contributed by atoms with E-state index in [9.17, 15) is 9.90 Å². The van der Waals surface area contributed by atoms with Crippen LogP contribution in [0, 0.1) is 0 Å². The smallest absolute Gasteiger partial charge is 0.223 e. The van der Waals surface area contributed by atoms with Gasteiger partial charge in [0.2, 0.25) is 5.43 Å². The minimum Gasteiger partial charge on any atom is -0.503 e. The van der Waals surface area contributed by atoms with Gasteiger partial charge in [-0.15, -0.1) is 0 Å². The van der Waals surface area contributed by atoms with Crippen molar-refractivity contribution >= 4 is 0 Å². The van der Waals surface area contributed by atoms with Gasteiger partial charge in [-0.3, -0.25) is 9.69 Å². The quantitative estimate of drug-likeness (QED) is 0.739. The lowest BCUT2D eigenvalue weighted by atomic mass is 10.00. The Hall–Kier alpha value is -1.29. The van der Waals surface area contributed by atoms with E-state index in [0.717, 1.165) is 31.7 Å². The number of hydrogen-bond donors (Lipinski definition) is 1. The summed E-state index contributed by atoms with van der Waals surface area (Å²) in [4.78, 5) is 14.4. The fourth-order valence-electron chi connectivity index (χ4n) is 3.59. The lowest BCUT2D eigenvalue weighted by molar-refractivity contribution is 0.132. The number of nitrogens with zero attached hydrogens (tertiary/aromatic N) is 2. The van der Waals surface area contributed by atoms with Crippen LogP contribution >= 0.6 is 0 Å². The van der Waals surface area contributed by atoms with Gasteiger partial charge in [-0.25, -0.2) is 0 Å². The first kappa shape index (κ1) is 18.1. The van der Waals surface area contributed by atoms with Crippen LogP contribution in [-0.4, -0.2) is 27.2 Å². The molecule has 1 atom stereocenters. The first-order chi connectivity index (χ1) is 11.2. The van der Waals surface area contributed by atoms with Crippen LogP contribution in [-0.2, 0) is 13.1 Å². The van der Waals surface area contributed by atoms with Gasteiger partial charge < -0.3 is 9.67 Å². The molecule has 1 saturated heterocycles. The molecule has 23 heavy (non-hydrogen) atoms. The Kier molecular flexibility index (Phi) is 7.15. The number of unbranched alkanes of at least 4 members (excludes halogenated alkanes) is 3. The third-order valence-electron chi connectivity index (χ3n) is 5.04. The Morgan fingerprint density at radius 1 is 1.22 bits per heavy atom. The van der Waals surface area contributed by atoms with Crippen molar-refractivity contribution in [2.75, 3.05) is 6.54 Å². The van der Waals surface area contributed by atoms with Gasteiger partial charge in [0.15, 0.2) is 5.75 Å². The van der Waals surface area contributed by atoms with Gasteiger partial charge in [0.05, 0.1) is 6.20 Å². The second-order valence-corrected chi connectivity index (χ2v) is 6.80. The summed E-state index contributed by atoms with van der Waals surface area (Å²) in [5.41, 5.74) is 0.791. The van der Waals surface area contributed by atoms with Gasteiger partial charge in [0.25, 0.3) is 0 Å². The van der Waals surface area contributed by atoms with Crippen LogP contribution in [0.25, 0.3) is 0 Å². The van der Waals surface area contributed by atoms with Crippen molar-refractivity contribution in [1.82, 2.24) is 9.47 Å². The number of aryl methyl sites for hydroxylation is 1. The van der Waals surface area contributed by atoms with Gasteiger partial charge in [0, 0.05) is 30.9 Å². The molecule has 2 heterocycles. The topological polar surface area (TPSA) is 45.5 Å². The van der Waals surface area contributed by atoms with Crippen LogP contribution in [0.4, 0.5) is 0 Å². The Morgan fingerprint density at radius 3 is 2.78 bits per heavy atom. The largest absolute Gasteiger partial charge is 0.503 e. The number of pyridine rings is 1. The maximum Gasteiger partial charge on any atom is 0.223 e. The fraction of sp³-hybridized carbons (Fsp3) is 0.737. The predicted molar refractivity (Wildman–Crippen MR) is 94.8 cm³/mol. The Labute approximate surface area is 140 Å². The van der Waals surface area contributed by atoms with Gasteiger partial charge in [-0.05, 0) is 32.2 Å². The van der Waals surface area contributed by atoms with E-state index in [2.05, 4.69) is 23.3 Å². The van der Waals surface area contributed by atoms with Crippen molar-refractivity contribution in [2.24, 2.45) is 0 Å². The maximum atomic E-state index is 11.9. The van der Waals surface area contributed by atoms with E-state index in [0.29, 0.717) is 6.04 Å². The third-order valence-corrected chi connectivity index (χ3v) is 5.04. The van der Waals surface area contributed by atoms with Crippen molar-refractivity contribution < 1.29 is 5.11 Å². The number of piperidine rings is 1. The van der Waals surface area contributed by atoms with E-state index >= 15 is 0 Å². The van der Waals surface area contributed by atoms with Crippen molar-refractivity contribution in [3.8, 4) is 5.75 Å². The minimum absolute atomic E-state index is 0.130. The summed E-state index contributed by atoms with van der Waals surface area (Å²) in [7, 11) is 0. The molecule has 0 radical (unpaired) electrons. The highest BCUT2D eigenvalue weighted by Gasteiger charge is 2.21. The summed E-state index contributed by atoms with van der Waals surface area (Å²) < 4.78 is 2.09. The predicted octanol–water partition coefficient (Wildman–Crippen LogP) is 3.90. The lowest BCUT2D eigenvalue weighted by Gasteiger charge is -2.35. The van der Waals surface area contributed by atoms with Crippen LogP contribution in [0.3, 0.4) is 0 Å². The molecule has 0 saturated carbocycles. The molecule has 0 amide bonds. The molecule has 1 aliphatic rings. The van der Waals surface area contributed by atoms with Gasteiger partial charge in [0.1, 0.15) is 0 Å². The maximum absolute atomic E-state index is 11.9. The van der Waals surface area contributed by atoms with Gasteiger partial charge in [-0.2, -0.15) is 0 Å². The second-order valence-electron chi connectivity index (χ2n) is 6.80. The van der Waals surface area contributed by atoms with E-state index in [1.54, 1.807) is 12.3 Å². The Morgan fingerprint density at radius 2 is 2.04 bits per heavy atom. The monoisotopic (exact) mass is 320 g/mol. The van der Waals surface area contributed by atoms with Gasteiger partial charge in [-0.1, -0.05) is 39.5 Å². The molecule has 0 aliphatic carbocycles. The van der Waals surface area contributed by atoms with Crippen LogP contribution in [0.5, 0.6) is 5.75 Å². The summed E-state index contributed by atoms with van der Waals surface area (Å²) in [6.07, 6.45) is 11.4. The minimum atomic E-state index is -0.255. The van der Waals surface area contributed by atoms with E-state index in [-0.39, 0.29) is 11.2 Å². The van der Waals surface area contributed by atoms with E-state index in [1.165, 1.54) is 44.9 Å². The Bertz CT molecular complexity index is 539. The fourth-order valence-corrected chi connectivity index (χ4v) is 3.59. The van der Waals surface area contributed by atoms with Crippen LogP contribution in [0.1, 0.15) is 70.9 Å². The summed E-state index contributed by atoms with van der Waals surface area (Å²) in [6.45, 7) is 7.27. The summed E-state index contributed by atoms with van der Waals surface area (Å²) in [5.74, 6) is -0.130. The SMILES string of the molecule is CCCCCCn1cc(O)c(=O)cc1CN1CCCCC1CC. The molecule has 0 aromatic carbocycles. The van der Waals surface area contributed by atoms with E-state index < -0.39 is 0 Å². The zero-order chi connectivity index (χ0) is 16.7. The first-order valence-corrected chi connectivity index (χ1v) is 9.32. The molecular formula is C19H32N2O2. The standard InChI is InChI=1S/C19H32N2O2/c1-3-5-6-8-11-21-15-19(23)18(22)13-17(21)14-20-12-9-7-10-16(20)4-2/h13,15-16,23H,3-12,14H2,1-2H3. The molecular weight excluding hydrogens is 288 g/mol. The van der Waals surface area contributed by atoms with Crippen molar-refractivity contribution in [1.29, 1.82) is 0 Å². The second kappa shape index (κ2) is 9.11. The molecule has 1 aromatic rings. The highest BCUT2D eigenvalue weighted by molar-refractivity contribution is 5.20. The number of likely N-dealkylation sites (tertiary alicyclic amines) is 1. The van der Waals surface area contributed by atoms with E-state index in [4.69, 9.17) is 0 Å². The first-order valence-electron chi connectivity index (χ1n) is 9.32. The molecule has 1 fully saturated rings. The summed E-state index contributed by atoms with van der Waals surface area (Å²) >= 11 is 0. The molecule has 1 N–H and O–H groups in total. The molecule has 0 bridgehead atoms. The molecule has 1 unspecified atom stereocenters. The molecule has 1 aromatic heterocycles. The number of aromatic nitrogens is 1. The van der Waals surface area contributed by atoms with Crippen molar-refractivity contribution in [3.05, 3.63) is 28.2 Å². The molecule has 4 nitrogen and oxygen atoms in total. The number of aromatic hydroxyl groups is 1. The van der Waals surface area contributed by atoms with Crippen molar-refractivity contribution in [2.45, 2.75) is 84.3 Å². The zero-order valence-electron chi connectivity index (χ0n) is 14.8. The molecule has 0 spiro atoms. The molecule has 2 rings (SSSR count). The lowest BCUT2D eigenvalue weighted by Crippen LogP contribution is -2.39. The van der Waals surface area contributed by atoms with Crippen LogP contribution in [0.15, 0.2) is 17.1 Å². The third kappa shape index (κ3) is 5.10. The summed E-state index contributed by atoms with van der Waals surface area (Å²) in [6, 6.07) is 2.26. The molecule has 1 aliphatic heterocycles. The van der Waals surface area contributed by atoms with Crippen LogP contribution in [0.2, 0.25) is 0 Å². The van der Waals surface area contributed by atoms with Crippen LogP contribution < -0.4 is 5.43 Å². The summed E-state index contributed by atoms with van der Waals surface area (Å²) in [5, 5.41) is 9.78. The zero-order valence-corrected chi connectivity index (χ0v) is 14.8. The Balaban J connectivity index is 2.11. The average molecular weight is 320 g/mol. The average Bonchev–Trinajstić information content (AvgIpc) is 2.56. The normalized spacial score (nSPS) is 19.1. The van der Waals surface area contributed by atoms with Gasteiger partial charge >= 0.3 is 0 Å².